The molecule has 0 bridgehead atoms. The molecule has 2 rings (SSSR count). The first kappa shape index (κ1) is 16.4. The Bertz CT molecular complexity index is 514. The highest BCUT2D eigenvalue weighted by Crippen LogP contribution is 2.19. The number of amides is 2. The fourth-order valence-electron chi connectivity index (χ4n) is 2.75. The average Bonchev–Trinajstić information content (AvgIpc) is 2.56. The highest BCUT2D eigenvalue weighted by atomic mass is 16.5. The van der Waals surface area contributed by atoms with Crippen LogP contribution in [-0.2, 0) is 0 Å². The number of ether oxygens (including phenoxy) is 1. The summed E-state index contributed by atoms with van der Waals surface area (Å²) in [5, 5.41) is 11.9. The number of piperidine rings is 1. The number of urea groups is 1. The quantitative estimate of drug-likeness (QED) is 0.879. The summed E-state index contributed by atoms with van der Waals surface area (Å²) >= 11 is 0. The summed E-state index contributed by atoms with van der Waals surface area (Å²) in [5.74, 6) is 0.785. The van der Waals surface area contributed by atoms with Crippen LogP contribution in [0.2, 0.25) is 0 Å². The minimum atomic E-state index is -0.0997. The lowest BCUT2D eigenvalue weighted by Crippen LogP contribution is -2.47. The molecule has 120 valence electrons. The Morgan fingerprint density at radius 2 is 2.36 bits per heavy atom. The Kier molecular flexibility index (Phi) is 6.27. The van der Waals surface area contributed by atoms with Gasteiger partial charge in [-0.3, -0.25) is 0 Å². The van der Waals surface area contributed by atoms with E-state index in [-0.39, 0.29) is 18.7 Å². The molecular formula is C17H24N2O3. The van der Waals surface area contributed by atoms with Crippen LogP contribution < -0.4 is 10.1 Å². The monoisotopic (exact) mass is 304 g/mol. The van der Waals surface area contributed by atoms with E-state index in [0.29, 0.717) is 6.42 Å². The molecular weight excluding hydrogens is 280 g/mol. The molecule has 1 fully saturated rings. The highest BCUT2D eigenvalue weighted by molar-refractivity contribution is 5.76. The third-order valence-corrected chi connectivity index (χ3v) is 3.93. The van der Waals surface area contributed by atoms with Crippen molar-refractivity contribution in [3.63, 3.8) is 0 Å². The van der Waals surface area contributed by atoms with Crippen LogP contribution in [0.4, 0.5) is 4.79 Å². The van der Waals surface area contributed by atoms with Crippen molar-refractivity contribution < 1.29 is 14.6 Å². The predicted molar refractivity (Wildman–Crippen MR) is 86.6 cm³/mol. The molecule has 0 radical (unpaired) electrons. The van der Waals surface area contributed by atoms with Crippen molar-refractivity contribution in [3.05, 3.63) is 36.0 Å². The van der Waals surface area contributed by atoms with Gasteiger partial charge >= 0.3 is 6.03 Å². The number of nitrogens with one attached hydrogen (secondary N) is 1. The number of rotatable bonds is 5. The minimum Gasteiger partial charge on any atom is -0.497 e. The molecule has 0 aliphatic carbocycles. The molecule has 22 heavy (non-hydrogen) atoms. The fourth-order valence-corrected chi connectivity index (χ4v) is 2.75. The van der Waals surface area contributed by atoms with Gasteiger partial charge in [-0.25, -0.2) is 4.79 Å². The van der Waals surface area contributed by atoms with E-state index in [9.17, 15) is 4.79 Å². The van der Waals surface area contributed by atoms with Crippen molar-refractivity contribution in [2.45, 2.75) is 31.7 Å². The largest absolute Gasteiger partial charge is 0.497 e. The Hall–Kier alpha value is -2.01. The number of benzene rings is 1. The molecule has 1 saturated heterocycles. The molecule has 0 aromatic heterocycles. The topological polar surface area (TPSA) is 61.8 Å². The molecule has 1 aliphatic heterocycles. The molecule has 0 saturated carbocycles. The second kappa shape index (κ2) is 8.44. The van der Waals surface area contributed by atoms with Gasteiger partial charge in [-0.1, -0.05) is 12.1 Å². The molecule has 1 unspecified atom stereocenters. The van der Waals surface area contributed by atoms with Crippen LogP contribution in [0.15, 0.2) is 30.5 Å². The maximum absolute atomic E-state index is 12.3. The Morgan fingerprint density at radius 1 is 1.50 bits per heavy atom. The molecule has 0 spiro atoms. The van der Waals surface area contributed by atoms with Gasteiger partial charge in [0.15, 0.2) is 0 Å². The van der Waals surface area contributed by atoms with Crippen LogP contribution in [-0.4, -0.2) is 42.3 Å². The number of hydrogen-bond acceptors (Lipinski definition) is 3. The van der Waals surface area contributed by atoms with Gasteiger partial charge in [0.05, 0.1) is 7.11 Å². The van der Waals surface area contributed by atoms with Crippen LogP contribution >= 0.6 is 0 Å². The Morgan fingerprint density at radius 3 is 3.14 bits per heavy atom. The van der Waals surface area contributed by atoms with Gasteiger partial charge in [0.2, 0.25) is 0 Å². The summed E-state index contributed by atoms with van der Waals surface area (Å²) in [6, 6.07) is 7.67. The second-order valence-electron chi connectivity index (χ2n) is 5.41. The number of nitrogens with zero attached hydrogens (tertiary/aromatic N) is 1. The number of carbonyl (C=O) groups excluding carboxylic acids is 1. The average molecular weight is 304 g/mol. The van der Waals surface area contributed by atoms with Crippen LogP contribution in [0.25, 0.3) is 6.08 Å². The van der Waals surface area contributed by atoms with Gasteiger partial charge in [0.1, 0.15) is 5.75 Å². The first-order chi connectivity index (χ1) is 10.7. The van der Waals surface area contributed by atoms with E-state index in [1.807, 2.05) is 35.2 Å². The first-order valence-corrected chi connectivity index (χ1v) is 7.73. The summed E-state index contributed by atoms with van der Waals surface area (Å²) in [5.41, 5.74) is 0.963. The molecule has 1 heterocycles. The lowest BCUT2D eigenvalue weighted by molar-refractivity contribution is 0.134. The predicted octanol–water partition coefficient (Wildman–Crippen LogP) is 2.61. The summed E-state index contributed by atoms with van der Waals surface area (Å²) in [6.07, 6.45) is 7.25. The standard InChI is InChI=1S/C17H24N2O3/c1-22-16-7-4-5-14(13-16)8-10-18-17(21)19-11-3-2-6-15(19)9-12-20/h4-5,7-8,10,13,15,20H,2-3,6,9,11-12H2,1H3,(H,18,21)/b10-8+. The summed E-state index contributed by atoms with van der Waals surface area (Å²) in [7, 11) is 1.63. The van der Waals surface area contributed by atoms with Crippen molar-refractivity contribution in [2.24, 2.45) is 0 Å². The summed E-state index contributed by atoms with van der Waals surface area (Å²) in [4.78, 5) is 14.1. The summed E-state index contributed by atoms with van der Waals surface area (Å²) < 4.78 is 5.17. The smallest absolute Gasteiger partial charge is 0.321 e. The van der Waals surface area contributed by atoms with Crippen LogP contribution in [0.3, 0.4) is 0 Å². The molecule has 1 aromatic carbocycles. The number of likely N-dealkylation sites (tertiary alicyclic amines) is 1. The van der Waals surface area contributed by atoms with E-state index >= 15 is 0 Å². The number of methoxy groups -OCH3 is 1. The molecule has 1 atom stereocenters. The van der Waals surface area contributed by atoms with E-state index < -0.39 is 0 Å². The highest BCUT2D eigenvalue weighted by Gasteiger charge is 2.25. The van der Waals surface area contributed by atoms with Gasteiger partial charge in [-0.05, 0) is 49.5 Å². The van der Waals surface area contributed by atoms with Crippen LogP contribution in [0, 0.1) is 0 Å². The number of aliphatic hydroxyl groups is 1. The van der Waals surface area contributed by atoms with Crippen molar-refractivity contribution in [1.29, 1.82) is 0 Å². The van der Waals surface area contributed by atoms with E-state index in [4.69, 9.17) is 9.84 Å². The molecule has 5 nitrogen and oxygen atoms in total. The van der Waals surface area contributed by atoms with E-state index in [2.05, 4.69) is 5.32 Å². The zero-order chi connectivity index (χ0) is 15.8. The first-order valence-electron chi connectivity index (χ1n) is 7.73. The Labute approximate surface area is 131 Å². The van der Waals surface area contributed by atoms with Crippen molar-refractivity contribution in [3.8, 4) is 5.75 Å². The molecule has 1 aromatic rings. The van der Waals surface area contributed by atoms with Gasteiger partial charge in [0.25, 0.3) is 0 Å². The molecule has 5 heteroatoms. The minimum absolute atomic E-state index is 0.0997. The second-order valence-corrected chi connectivity index (χ2v) is 5.41. The zero-order valence-electron chi connectivity index (χ0n) is 13.0. The van der Waals surface area contributed by atoms with Gasteiger partial charge in [-0.15, -0.1) is 0 Å². The van der Waals surface area contributed by atoms with Gasteiger partial charge in [-0.2, -0.15) is 0 Å². The third kappa shape index (κ3) is 4.49. The van der Waals surface area contributed by atoms with E-state index in [1.54, 1.807) is 13.3 Å². The van der Waals surface area contributed by atoms with Crippen LogP contribution in [0.5, 0.6) is 5.75 Å². The number of aliphatic hydroxyl groups excluding tert-OH is 1. The lowest BCUT2D eigenvalue weighted by Gasteiger charge is -2.35. The Balaban J connectivity index is 1.91. The number of hydrogen-bond donors (Lipinski definition) is 2. The molecule has 2 amide bonds. The summed E-state index contributed by atoms with van der Waals surface area (Å²) in [6.45, 7) is 0.873. The van der Waals surface area contributed by atoms with Crippen LogP contribution in [0.1, 0.15) is 31.2 Å². The fraction of sp³-hybridized carbons (Fsp3) is 0.471. The maximum Gasteiger partial charge on any atom is 0.321 e. The zero-order valence-corrected chi connectivity index (χ0v) is 13.0. The molecule has 1 aliphatic rings. The number of carbonyl (C=O) groups is 1. The maximum atomic E-state index is 12.3. The van der Waals surface area contributed by atoms with Crippen molar-refractivity contribution >= 4 is 12.1 Å². The van der Waals surface area contributed by atoms with Crippen molar-refractivity contribution in [2.75, 3.05) is 20.3 Å². The van der Waals surface area contributed by atoms with E-state index in [0.717, 1.165) is 37.1 Å². The van der Waals surface area contributed by atoms with Gasteiger partial charge < -0.3 is 20.1 Å². The normalized spacial score (nSPS) is 18.5. The van der Waals surface area contributed by atoms with E-state index in [1.165, 1.54) is 0 Å². The SMILES string of the molecule is COc1cccc(/C=C/NC(=O)N2CCCCC2CCO)c1. The third-order valence-electron chi connectivity index (χ3n) is 3.93. The lowest BCUT2D eigenvalue weighted by atomic mass is 10.0. The van der Waals surface area contributed by atoms with Gasteiger partial charge in [0, 0.05) is 25.4 Å². The molecule has 2 N–H and O–H groups in total. The van der Waals surface area contributed by atoms with Crippen molar-refractivity contribution in [1.82, 2.24) is 10.2 Å².